The van der Waals surface area contributed by atoms with Crippen molar-refractivity contribution < 1.29 is 5.11 Å². The molecule has 0 aliphatic carbocycles. The minimum absolute atomic E-state index is 0.0795. The van der Waals surface area contributed by atoms with Crippen molar-refractivity contribution in [1.82, 2.24) is 5.43 Å². The number of hydrazone groups is 1. The fourth-order valence-electron chi connectivity index (χ4n) is 2.15. The molecular weight excluding hydrogens is 282 g/mol. The van der Waals surface area contributed by atoms with E-state index in [0.29, 0.717) is 0 Å². The Morgan fingerprint density at radius 2 is 1.81 bits per heavy atom. The Kier molecular flexibility index (Phi) is 3.75. The first-order chi connectivity index (χ1) is 10.1. The summed E-state index contributed by atoms with van der Waals surface area (Å²) in [6.07, 6.45) is 0. The number of rotatable bonds is 3. The van der Waals surface area contributed by atoms with Gasteiger partial charge in [-0.25, -0.2) is 0 Å². The summed E-state index contributed by atoms with van der Waals surface area (Å²) in [6.45, 7) is 0. The normalized spacial score (nSPS) is 17.2. The van der Waals surface area contributed by atoms with E-state index in [2.05, 4.69) is 39.7 Å². The molecule has 5 heteroatoms. The summed E-state index contributed by atoms with van der Waals surface area (Å²) in [5, 5.41) is 15.1. The number of anilines is 1. The van der Waals surface area contributed by atoms with E-state index in [1.807, 2.05) is 32.3 Å². The van der Waals surface area contributed by atoms with Crippen molar-refractivity contribution in [2.45, 2.75) is 5.37 Å². The second kappa shape index (κ2) is 5.69. The fourth-order valence-corrected chi connectivity index (χ4v) is 3.18. The monoisotopic (exact) mass is 299 g/mol. The average Bonchev–Trinajstić information content (AvgIpc) is 2.97. The number of aromatic hydroxyl groups is 1. The maximum Gasteiger partial charge on any atom is 0.129 e. The molecule has 1 heterocycles. The van der Waals surface area contributed by atoms with Crippen molar-refractivity contribution in [1.29, 1.82) is 0 Å². The zero-order valence-electron chi connectivity index (χ0n) is 11.9. The molecule has 0 saturated heterocycles. The van der Waals surface area contributed by atoms with Gasteiger partial charge in [0.05, 0.1) is 5.56 Å². The first-order valence-corrected chi connectivity index (χ1v) is 7.58. The largest absolute Gasteiger partial charge is 0.507 e. The van der Waals surface area contributed by atoms with Crippen LogP contribution in [0.3, 0.4) is 0 Å². The smallest absolute Gasteiger partial charge is 0.129 e. The van der Waals surface area contributed by atoms with Crippen LogP contribution in [0.1, 0.15) is 16.5 Å². The Labute approximate surface area is 128 Å². The number of nitrogens with zero attached hydrogens (tertiary/aromatic N) is 2. The van der Waals surface area contributed by atoms with E-state index in [0.717, 1.165) is 10.6 Å². The van der Waals surface area contributed by atoms with Gasteiger partial charge in [0.15, 0.2) is 0 Å². The van der Waals surface area contributed by atoms with Gasteiger partial charge < -0.3 is 10.0 Å². The molecule has 2 aromatic carbocycles. The lowest BCUT2D eigenvalue weighted by Gasteiger charge is -2.14. The Balaban J connectivity index is 1.75. The van der Waals surface area contributed by atoms with Crippen LogP contribution in [0.2, 0.25) is 0 Å². The Morgan fingerprint density at radius 3 is 2.48 bits per heavy atom. The van der Waals surface area contributed by atoms with Crippen LogP contribution in [-0.2, 0) is 0 Å². The first kappa shape index (κ1) is 13.8. The van der Waals surface area contributed by atoms with Crippen LogP contribution >= 0.6 is 11.8 Å². The molecular formula is C16H17N3OS. The summed E-state index contributed by atoms with van der Waals surface area (Å²) in [5.41, 5.74) is 6.23. The molecule has 0 aromatic heterocycles. The Morgan fingerprint density at radius 1 is 1.10 bits per heavy atom. The van der Waals surface area contributed by atoms with Crippen molar-refractivity contribution in [2.24, 2.45) is 5.10 Å². The number of hydrogen-bond acceptors (Lipinski definition) is 5. The van der Waals surface area contributed by atoms with E-state index in [4.69, 9.17) is 0 Å². The number of hydrogen-bond donors (Lipinski definition) is 2. The molecule has 0 bridgehead atoms. The topological polar surface area (TPSA) is 47.9 Å². The number of phenolic OH excluding ortho intramolecular Hbond substituents is 1. The third-order valence-corrected chi connectivity index (χ3v) is 4.51. The molecule has 2 N–H and O–H groups in total. The van der Waals surface area contributed by atoms with E-state index >= 15 is 0 Å². The Bertz CT molecular complexity index is 667. The van der Waals surface area contributed by atoms with E-state index in [1.165, 1.54) is 11.3 Å². The van der Waals surface area contributed by atoms with Gasteiger partial charge >= 0.3 is 0 Å². The van der Waals surface area contributed by atoms with Gasteiger partial charge in [0.1, 0.15) is 16.2 Å². The summed E-state index contributed by atoms with van der Waals surface area (Å²) in [4.78, 5) is 2.07. The van der Waals surface area contributed by atoms with Gasteiger partial charge in [-0.1, -0.05) is 36.0 Å². The lowest BCUT2D eigenvalue weighted by Crippen LogP contribution is -2.10. The predicted octanol–water partition coefficient (Wildman–Crippen LogP) is 3.16. The molecule has 0 amide bonds. The van der Waals surface area contributed by atoms with Crippen LogP contribution in [0.4, 0.5) is 5.69 Å². The van der Waals surface area contributed by atoms with Crippen LogP contribution < -0.4 is 10.3 Å². The molecule has 0 unspecified atom stereocenters. The van der Waals surface area contributed by atoms with Crippen molar-refractivity contribution in [3.05, 3.63) is 59.7 Å². The predicted molar refractivity (Wildman–Crippen MR) is 88.9 cm³/mol. The molecule has 3 rings (SSSR count). The van der Waals surface area contributed by atoms with E-state index in [1.54, 1.807) is 17.8 Å². The highest BCUT2D eigenvalue weighted by atomic mass is 32.2. The van der Waals surface area contributed by atoms with Crippen LogP contribution in [0.25, 0.3) is 0 Å². The molecule has 1 atom stereocenters. The van der Waals surface area contributed by atoms with Gasteiger partial charge in [0, 0.05) is 19.8 Å². The van der Waals surface area contributed by atoms with E-state index in [9.17, 15) is 5.11 Å². The van der Waals surface area contributed by atoms with Crippen molar-refractivity contribution in [3.8, 4) is 5.75 Å². The van der Waals surface area contributed by atoms with Gasteiger partial charge in [-0.3, -0.25) is 5.43 Å². The summed E-state index contributed by atoms with van der Waals surface area (Å²) < 4.78 is 0. The summed E-state index contributed by atoms with van der Waals surface area (Å²) in [6, 6.07) is 15.6. The summed E-state index contributed by atoms with van der Waals surface area (Å²) in [7, 11) is 4.05. The number of thioether (sulfide) groups is 1. The van der Waals surface area contributed by atoms with Crippen molar-refractivity contribution >= 4 is 22.5 Å². The lowest BCUT2D eigenvalue weighted by molar-refractivity contribution is 0.474. The van der Waals surface area contributed by atoms with Crippen LogP contribution in [0, 0.1) is 0 Å². The molecule has 1 aliphatic heterocycles. The summed E-state index contributed by atoms with van der Waals surface area (Å²) >= 11 is 1.61. The molecule has 108 valence electrons. The molecule has 0 spiro atoms. The fraction of sp³-hybridized carbons (Fsp3) is 0.188. The quantitative estimate of drug-likeness (QED) is 0.914. The highest BCUT2D eigenvalue weighted by Gasteiger charge is 2.23. The Hall–Kier alpha value is -2.14. The zero-order chi connectivity index (χ0) is 14.8. The third kappa shape index (κ3) is 2.83. The van der Waals surface area contributed by atoms with E-state index < -0.39 is 0 Å². The highest BCUT2D eigenvalue weighted by Crippen LogP contribution is 2.36. The maximum absolute atomic E-state index is 9.90. The standard InChI is InChI=1S/C16H17N3OS/c1-19(2)12-9-7-11(8-10-12)15-17-18-16(21-15)13-5-3-4-6-14(13)20/h3-10,15,17,20H,1-2H3/t15-/m0/s1. The first-order valence-electron chi connectivity index (χ1n) is 6.70. The van der Waals surface area contributed by atoms with E-state index in [-0.39, 0.29) is 11.1 Å². The molecule has 2 aromatic rings. The van der Waals surface area contributed by atoms with Gasteiger partial charge in [0.25, 0.3) is 0 Å². The number of para-hydroxylation sites is 1. The SMILES string of the molecule is CN(C)c1ccc([C@H]2NN=C(c3ccccc3O)S2)cc1. The number of benzene rings is 2. The molecule has 0 radical (unpaired) electrons. The van der Waals surface area contributed by atoms with Crippen molar-refractivity contribution in [2.75, 3.05) is 19.0 Å². The van der Waals surface area contributed by atoms with Crippen LogP contribution in [-0.4, -0.2) is 24.2 Å². The summed E-state index contributed by atoms with van der Waals surface area (Å²) in [5.74, 6) is 0.258. The highest BCUT2D eigenvalue weighted by molar-refractivity contribution is 8.14. The molecule has 21 heavy (non-hydrogen) atoms. The minimum Gasteiger partial charge on any atom is -0.507 e. The van der Waals surface area contributed by atoms with Gasteiger partial charge in [0.2, 0.25) is 0 Å². The second-order valence-corrected chi connectivity index (χ2v) is 6.14. The second-order valence-electron chi connectivity index (χ2n) is 5.05. The maximum atomic E-state index is 9.90. The van der Waals surface area contributed by atoms with Gasteiger partial charge in [-0.15, -0.1) is 0 Å². The van der Waals surface area contributed by atoms with Gasteiger partial charge in [-0.2, -0.15) is 5.10 Å². The van der Waals surface area contributed by atoms with Crippen molar-refractivity contribution in [3.63, 3.8) is 0 Å². The zero-order valence-corrected chi connectivity index (χ0v) is 12.8. The number of nitrogens with one attached hydrogen (secondary N) is 1. The third-order valence-electron chi connectivity index (χ3n) is 3.36. The molecule has 0 fully saturated rings. The van der Waals surface area contributed by atoms with Crippen LogP contribution in [0.15, 0.2) is 53.6 Å². The minimum atomic E-state index is 0.0795. The number of phenols is 1. The van der Waals surface area contributed by atoms with Crippen LogP contribution in [0.5, 0.6) is 5.75 Å². The average molecular weight is 299 g/mol. The lowest BCUT2D eigenvalue weighted by atomic mass is 10.2. The molecule has 0 saturated carbocycles. The van der Waals surface area contributed by atoms with Gasteiger partial charge in [-0.05, 0) is 29.8 Å². The molecule has 1 aliphatic rings. The molecule has 4 nitrogen and oxygen atoms in total.